The minimum absolute atomic E-state index is 0.492. The van der Waals surface area contributed by atoms with Gasteiger partial charge in [-0.05, 0) is 49.6 Å². The van der Waals surface area contributed by atoms with E-state index >= 15 is 0 Å². The first-order chi connectivity index (χ1) is 12.3. The van der Waals surface area contributed by atoms with Gasteiger partial charge < -0.3 is 9.47 Å². The van der Waals surface area contributed by atoms with E-state index in [1.54, 1.807) is 0 Å². The zero-order valence-electron chi connectivity index (χ0n) is 14.4. The van der Waals surface area contributed by atoms with Crippen LogP contribution in [-0.4, -0.2) is 37.8 Å². The lowest BCUT2D eigenvalue weighted by molar-refractivity contribution is 0.467. The molecule has 1 aliphatic heterocycles. The number of pyridine rings is 1. The summed E-state index contributed by atoms with van der Waals surface area (Å²) in [5.74, 6) is 2.65. The van der Waals surface area contributed by atoms with E-state index in [0.717, 1.165) is 44.0 Å². The standard InChI is InChI=1S/C19H22N6/c1-15-2-3-18(23-22-15)24-11-6-17(7-12-24)19-21-10-13-25(19)14-16-4-8-20-9-5-16/h2-5,8-10,13,17H,6-7,11-12,14H2,1H3. The van der Waals surface area contributed by atoms with Crippen molar-refractivity contribution in [2.45, 2.75) is 32.2 Å². The fourth-order valence-corrected chi connectivity index (χ4v) is 3.43. The fraction of sp³-hybridized carbons (Fsp3) is 0.368. The predicted octanol–water partition coefficient (Wildman–Crippen LogP) is 2.81. The number of hydrogen-bond donors (Lipinski definition) is 0. The Kier molecular flexibility index (Phi) is 4.41. The number of piperidine rings is 1. The first kappa shape index (κ1) is 15.7. The maximum atomic E-state index is 4.65. The average molecular weight is 334 g/mol. The van der Waals surface area contributed by atoms with Crippen LogP contribution in [0.25, 0.3) is 0 Å². The highest BCUT2D eigenvalue weighted by molar-refractivity contribution is 5.38. The molecule has 0 N–H and O–H groups in total. The number of anilines is 1. The number of imidazole rings is 1. The number of aryl methyl sites for hydroxylation is 1. The summed E-state index contributed by atoms with van der Waals surface area (Å²) < 4.78 is 2.27. The van der Waals surface area contributed by atoms with Gasteiger partial charge in [-0.25, -0.2) is 4.98 Å². The van der Waals surface area contributed by atoms with Crippen molar-refractivity contribution in [1.82, 2.24) is 24.7 Å². The molecule has 0 atom stereocenters. The Hall–Kier alpha value is -2.76. The van der Waals surface area contributed by atoms with Gasteiger partial charge in [-0.15, -0.1) is 5.10 Å². The second-order valence-corrected chi connectivity index (χ2v) is 6.56. The van der Waals surface area contributed by atoms with E-state index in [1.165, 1.54) is 11.4 Å². The van der Waals surface area contributed by atoms with E-state index in [2.05, 4.69) is 54.0 Å². The summed E-state index contributed by atoms with van der Waals surface area (Å²) in [5, 5.41) is 8.48. The Labute approximate surface area is 147 Å². The maximum absolute atomic E-state index is 4.65. The Morgan fingerprint density at radius 2 is 1.80 bits per heavy atom. The van der Waals surface area contributed by atoms with Gasteiger partial charge in [0.1, 0.15) is 5.82 Å². The SMILES string of the molecule is Cc1ccc(N2CCC(c3nccn3Cc3ccncc3)CC2)nn1. The molecule has 0 aliphatic carbocycles. The van der Waals surface area contributed by atoms with Gasteiger partial charge in [-0.1, -0.05) is 0 Å². The third-order valence-corrected chi connectivity index (χ3v) is 4.82. The van der Waals surface area contributed by atoms with Crippen LogP contribution in [0.3, 0.4) is 0 Å². The third-order valence-electron chi connectivity index (χ3n) is 4.82. The molecular weight excluding hydrogens is 312 g/mol. The first-order valence-electron chi connectivity index (χ1n) is 8.75. The molecule has 4 heterocycles. The van der Waals surface area contributed by atoms with Gasteiger partial charge in [0.15, 0.2) is 5.82 Å². The molecule has 3 aromatic rings. The summed E-state index contributed by atoms with van der Waals surface area (Å²) in [4.78, 5) is 11.1. The van der Waals surface area contributed by atoms with Gasteiger partial charge in [-0.3, -0.25) is 4.98 Å². The Balaban J connectivity index is 1.43. The highest BCUT2D eigenvalue weighted by Crippen LogP contribution is 2.29. The molecule has 0 aromatic carbocycles. The molecule has 0 bridgehead atoms. The first-order valence-corrected chi connectivity index (χ1v) is 8.75. The molecule has 0 amide bonds. The average Bonchev–Trinajstić information content (AvgIpc) is 3.11. The van der Waals surface area contributed by atoms with Crippen LogP contribution >= 0.6 is 0 Å². The molecule has 0 radical (unpaired) electrons. The smallest absolute Gasteiger partial charge is 0.151 e. The lowest BCUT2D eigenvalue weighted by atomic mass is 9.96. The van der Waals surface area contributed by atoms with Crippen LogP contribution < -0.4 is 4.90 Å². The van der Waals surface area contributed by atoms with E-state index in [1.807, 2.05) is 31.6 Å². The molecule has 128 valence electrons. The van der Waals surface area contributed by atoms with Crippen LogP contribution in [0.15, 0.2) is 49.1 Å². The number of hydrogen-bond acceptors (Lipinski definition) is 5. The van der Waals surface area contributed by atoms with Gasteiger partial charge in [0, 0.05) is 50.3 Å². The lowest BCUT2D eigenvalue weighted by Crippen LogP contribution is -2.34. The van der Waals surface area contributed by atoms with E-state index < -0.39 is 0 Å². The van der Waals surface area contributed by atoms with Gasteiger partial charge in [0.2, 0.25) is 0 Å². The molecule has 0 spiro atoms. The predicted molar refractivity (Wildman–Crippen MR) is 96.5 cm³/mol. The lowest BCUT2D eigenvalue weighted by Gasteiger charge is -2.32. The summed E-state index contributed by atoms with van der Waals surface area (Å²) in [5.41, 5.74) is 2.21. The molecule has 6 heteroatoms. The molecule has 1 fully saturated rings. The Morgan fingerprint density at radius 1 is 1.00 bits per heavy atom. The topological polar surface area (TPSA) is 59.7 Å². The quantitative estimate of drug-likeness (QED) is 0.734. The third kappa shape index (κ3) is 3.52. The minimum atomic E-state index is 0.492. The zero-order chi connectivity index (χ0) is 17.1. The van der Waals surface area contributed by atoms with E-state index in [0.29, 0.717) is 5.92 Å². The van der Waals surface area contributed by atoms with Crippen molar-refractivity contribution in [3.05, 3.63) is 66.1 Å². The molecule has 25 heavy (non-hydrogen) atoms. The van der Waals surface area contributed by atoms with Crippen molar-refractivity contribution in [2.24, 2.45) is 0 Å². The molecular formula is C19H22N6. The van der Waals surface area contributed by atoms with Crippen molar-refractivity contribution in [3.63, 3.8) is 0 Å². The number of nitrogens with zero attached hydrogens (tertiary/aromatic N) is 6. The number of rotatable bonds is 4. The Morgan fingerprint density at radius 3 is 2.52 bits per heavy atom. The summed E-state index contributed by atoms with van der Waals surface area (Å²) in [6.07, 6.45) is 9.84. The van der Waals surface area contributed by atoms with Crippen LogP contribution in [0.4, 0.5) is 5.82 Å². The summed E-state index contributed by atoms with van der Waals surface area (Å²) in [6.45, 7) is 4.79. The molecule has 4 rings (SSSR count). The van der Waals surface area contributed by atoms with Crippen LogP contribution in [0, 0.1) is 6.92 Å². The van der Waals surface area contributed by atoms with Crippen molar-refractivity contribution in [2.75, 3.05) is 18.0 Å². The molecule has 0 saturated carbocycles. The number of aromatic nitrogens is 5. The molecule has 1 aliphatic rings. The van der Waals surface area contributed by atoms with Crippen LogP contribution in [0.1, 0.15) is 35.8 Å². The van der Waals surface area contributed by atoms with E-state index in [-0.39, 0.29) is 0 Å². The highest BCUT2D eigenvalue weighted by atomic mass is 15.3. The molecule has 3 aromatic heterocycles. The molecule has 0 unspecified atom stereocenters. The second kappa shape index (κ2) is 7.01. The van der Waals surface area contributed by atoms with Gasteiger partial charge >= 0.3 is 0 Å². The fourth-order valence-electron chi connectivity index (χ4n) is 3.43. The highest BCUT2D eigenvalue weighted by Gasteiger charge is 2.24. The van der Waals surface area contributed by atoms with Crippen LogP contribution in [0.2, 0.25) is 0 Å². The van der Waals surface area contributed by atoms with Crippen molar-refractivity contribution >= 4 is 5.82 Å². The van der Waals surface area contributed by atoms with Gasteiger partial charge in [-0.2, -0.15) is 5.10 Å². The van der Waals surface area contributed by atoms with Crippen LogP contribution in [0.5, 0.6) is 0 Å². The summed E-state index contributed by atoms with van der Waals surface area (Å²) in [6, 6.07) is 8.20. The summed E-state index contributed by atoms with van der Waals surface area (Å²) in [7, 11) is 0. The Bertz CT molecular complexity index is 803. The van der Waals surface area contributed by atoms with Crippen molar-refractivity contribution in [1.29, 1.82) is 0 Å². The minimum Gasteiger partial charge on any atom is -0.355 e. The van der Waals surface area contributed by atoms with Gasteiger partial charge in [0.05, 0.1) is 5.69 Å². The molecule has 6 nitrogen and oxygen atoms in total. The largest absolute Gasteiger partial charge is 0.355 e. The molecule has 1 saturated heterocycles. The van der Waals surface area contributed by atoms with Crippen molar-refractivity contribution < 1.29 is 0 Å². The monoisotopic (exact) mass is 334 g/mol. The van der Waals surface area contributed by atoms with Crippen LogP contribution in [-0.2, 0) is 6.54 Å². The summed E-state index contributed by atoms with van der Waals surface area (Å²) >= 11 is 0. The second-order valence-electron chi connectivity index (χ2n) is 6.56. The van der Waals surface area contributed by atoms with E-state index in [4.69, 9.17) is 0 Å². The zero-order valence-corrected chi connectivity index (χ0v) is 14.4. The van der Waals surface area contributed by atoms with E-state index in [9.17, 15) is 0 Å². The van der Waals surface area contributed by atoms with Crippen molar-refractivity contribution in [3.8, 4) is 0 Å². The normalized spacial score (nSPS) is 15.5. The van der Waals surface area contributed by atoms with Gasteiger partial charge in [0.25, 0.3) is 0 Å². The maximum Gasteiger partial charge on any atom is 0.151 e.